The molecule has 0 aliphatic carbocycles. The first kappa shape index (κ1) is 12.0. The molecule has 0 fully saturated rings. The quantitative estimate of drug-likeness (QED) is 0.783. The maximum absolute atomic E-state index is 5.80. The van der Waals surface area contributed by atoms with E-state index in [4.69, 9.17) is 16.3 Å². The molecule has 0 saturated heterocycles. The Morgan fingerprint density at radius 1 is 1.35 bits per heavy atom. The summed E-state index contributed by atoms with van der Waals surface area (Å²) in [7, 11) is 3.58. The molecule has 0 radical (unpaired) electrons. The maximum atomic E-state index is 5.80. The summed E-state index contributed by atoms with van der Waals surface area (Å²) in [5, 5.41) is 4.34. The van der Waals surface area contributed by atoms with Gasteiger partial charge in [0.2, 0.25) is 0 Å². The van der Waals surface area contributed by atoms with Crippen LogP contribution in [-0.2, 0) is 12.9 Å². The molecule has 2 rings (SSSR count). The number of nitrogens with zero attached hydrogens (tertiary/aromatic N) is 2. The second-order valence-electron chi connectivity index (χ2n) is 3.98. The molecule has 1 aromatic heterocycles. The molecule has 0 saturated carbocycles. The molecule has 17 heavy (non-hydrogen) atoms. The van der Waals surface area contributed by atoms with Crippen LogP contribution < -0.4 is 4.74 Å². The number of hydrogen-bond donors (Lipinski definition) is 0. The number of methoxy groups -OCH3 is 1. The van der Waals surface area contributed by atoms with E-state index in [9.17, 15) is 0 Å². The van der Waals surface area contributed by atoms with Crippen LogP contribution in [0.1, 0.15) is 11.3 Å². The fraction of sp³-hybridized carbons (Fsp3) is 0.308. The second-order valence-corrected chi connectivity index (χ2v) is 4.25. The van der Waals surface area contributed by atoms with Gasteiger partial charge in [0.15, 0.2) is 0 Å². The van der Waals surface area contributed by atoms with E-state index in [-0.39, 0.29) is 0 Å². The summed E-state index contributed by atoms with van der Waals surface area (Å²) in [4.78, 5) is 0. The Kier molecular flexibility index (Phi) is 3.38. The van der Waals surface area contributed by atoms with Crippen LogP contribution in [0.15, 0.2) is 24.3 Å². The molecule has 1 heterocycles. The van der Waals surface area contributed by atoms with Gasteiger partial charge in [-0.05, 0) is 25.1 Å². The molecule has 3 nitrogen and oxygen atoms in total. The predicted molar refractivity (Wildman–Crippen MR) is 69.5 cm³/mol. The molecule has 0 aliphatic rings. The molecule has 0 spiro atoms. The van der Waals surface area contributed by atoms with Crippen molar-refractivity contribution in [2.75, 3.05) is 7.11 Å². The Labute approximate surface area is 106 Å². The Balaban J connectivity index is 2.58. The highest BCUT2D eigenvalue weighted by Crippen LogP contribution is 2.31. The van der Waals surface area contributed by atoms with Crippen LogP contribution in [0.5, 0.6) is 5.75 Å². The van der Waals surface area contributed by atoms with Gasteiger partial charge in [0.05, 0.1) is 24.4 Å². The highest BCUT2D eigenvalue weighted by molar-refractivity contribution is 6.16. The molecular weight excluding hydrogens is 236 g/mol. The first-order valence-corrected chi connectivity index (χ1v) is 5.93. The van der Waals surface area contributed by atoms with Gasteiger partial charge in [-0.25, -0.2) is 0 Å². The molecular formula is C13H15ClN2O. The Hall–Kier alpha value is -1.48. The van der Waals surface area contributed by atoms with Gasteiger partial charge in [0.1, 0.15) is 5.75 Å². The fourth-order valence-corrected chi connectivity index (χ4v) is 2.00. The fourth-order valence-electron chi connectivity index (χ4n) is 1.87. The zero-order valence-corrected chi connectivity index (χ0v) is 11.0. The summed E-state index contributed by atoms with van der Waals surface area (Å²) in [6.07, 6.45) is 0. The summed E-state index contributed by atoms with van der Waals surface area (Å²) in [6.45, 7) is 2.06. The van der Waals surface area contributed by atoms with Crippen LogP contribution in [0.3, 0.4) is 0 Å². The lowest BCUT2D eigenvalue weighted by Crippen LogP contribution is -1.96. The van der Waals surface area contributed by atoms with Crippen LogP contribution >= 0.6 is 11.6 Å². The van der Waals surface area contributed by atoms with E-state index in [1.54, 1.807) is 7.11 Å². The van der Waals surface area contributed by atoms with E-state index in [0.29, 0.717) is 5.88 Å². The first-order chi connectivity index (χ1) is 8.15. The van der Waals surface area contributed by atoms with Gasteiger partial charge in [0.25, 0.3) is 0 Å². The largest absolute Gasteiger partial charge is 0.496 e. The standard InChI is InChI=1S/C13H15ClN2O/c1-9-4-5-13(17-3)11(6-9)12-7-10(8-14)15-16(12)2/h4-7H,8H2,1-3H3. The molecule has 0 atom stereocenters. The van der Waals surface area contributed by atoms with E-state index >= 15 is 0 Å². The molecule has 0 N–H and O–H groups in total. The molecule has 2 aromatic rings. The Bertz CT molecular complexity index is 534. The molecule has 0 bridgehead atoms. The SMILES string of the molecule is COc1ccc(C)cc1-c1cc(CCl)nn1C. The summed E-state index contributed by atoms with van der Waals surface area (Å²) >= 11 is 5.80. The van der Waals surface area contributed by atoms with Gasteiger partial charge in [-0.1, -0.05) is 11.6 Å². The van der Waals surface area contributed by atoms with Gasteiger partial charge in [-0.15, -0.1) is 11.6 Å². The number of halogens is 1. The number of rotatable bonds is 3. The third-order valence-corrected chi connectivity index (χ3v) is 2.97. The number of hydrogen-bond acceptors (Lipinski definition) is 2. The monoisotopic (exact) mass is 250 g/mol. The average molecular weight is 251 g/mol. The minimum absolute atomic E-state index is 0.419. The normalized spacial score (nSPS) is 10.6. The highest BCUT2D eigenvalue weighted by atomic mass is 35.5. The highest BCUT2D eigenvalue weighted by Gasteiger charge is 2.11. The predicted octanol–water partition coefficient (Wildman–Crippen LogP) is 3.14. The number of alkyl halides is 1. The topological polar surface area (TPSA) is 27.1 Å². The van der Waals surface area contributed by atoms with Crippen LogP contribution in [0.4, 0.5) is 0 Å². The summed E-state index contributed by atoms with van der Waals surface area (Å²) < 4.78 is 7.21. The van der Waals surface area contributed by atoms with Crippen LogP contribution in [0.2, 0.25) is 0 Å². The van der Waals surface area contributed by atoms with Crippen molar-refractivity contribution in [2.45, 2.75) is 12.8 Å². The van der Waals surface area contributed by atoms with Gasteiger partial charge in [0, 0.05) is 12.6 Å². The minimum Gasteiger partial charge on any atom is -0.496 e. The smallest absolute Gasteiger partial charge is 0.128 e. The molecule has 0 amide bonds. The molecule has 0 unspecified atom stereocenters. The number of benzene rings is 1. The van der Waals surface area contributed by atoms with E-state index in [2.05, 4.69) is 18.1 Å². The second kappa shape index (κ2) is 4.80. The lowest BCUT2D eigenvalue weighted by Gasteiger charge is -2.09. The van der Waals surface area contributed by atoms with Crippen LogP contribution in [0.25, 0.3) is 11.3 Å². The van der Waals surface area contributed by atoms with Crippen LogP contribution in [-0.4, -0.2) is 16.9 Å². The van der Waals surface area contributed by atoms with Crippen molar-refractivity contribution in [3.63, 3.8) is 0 Å². The molecule has 90 valence electrons. The zero-order chi connectivity index (χ0) is 12.4. The zero-order valence-electron chi connectivity index (χ0n) is 10.2. The Morgan fingerprint density at radius 2 is 2.12 bits per heavy atom. The van der Waals surface area contributed by atoms with Gasteiger partial charge >= 0.3 is 0 Å². The van der Waals surface area contributed by atoms with E-state index < -0.39 is 0 Å². The average Bonchev–Trinajstić information content (AvgIpc) is 2.70. The van der Waals surface area contributed by atoms with Crippen molar-refractivity contribution in [3.8, 4) is 17.0 Å². The maximum Gasteiger partial charge on any atom is 0.128 e. The third-order valence-electron chi connectivity index (χ3n) is 2.70. The van der Waals surface area contributed by atoms with Gasteiger partial charge < -0.3 is 4.74 Å². The van der Waals surface area contributed by atoms with Crippen molar-refractivity contribution in [1.82, 2.24) is 9.78 Å². The van der Waals surface area contributed by atoms with E-state index in [1.165, 1.54) is 5.56 Å². The summed E-state index contributed by atoms with van der Waals surface area (Å²) in [6, 6.07) is 8.08. The lowest BCUT2D eigenvalue weighted by molar-refractivity contribution is 0.416. The van der Waals surface area contributed by atoms with Crippen LogP contribution in [0, 0.1) is 6.92 Å². The van der Waals surface area contributed by atoms with Gasteiger partial charge in [-0.3, -0.25) is 4.68 Å². The van der Waals surface area contributed by atoms with Crippen molar-refractivity contribution in [2.24, 2.45) is 7.05 Å². The summed E-state index contributed by atoms with van der Waals surface area (Å²) in [5.74, 6) is 1.27. The Morgan fingerprint density at radius 3 is 2.71 bits per heavy atom. The molecule has 4 heteroatoms. The van der Waals surface area contributed by atoms with E-state index in [1.807, 2.05) is 29.9 Å². The first-order valence-electron chi connectivity index (χ1n) is 5.39. The number of aryl methyl sites for hydroxylation is 2. The van der Waals surface area contributed by atoms with Crippen molar-refractivity contribution >= 4 is 11.6 Å². The van der Waals surface area contributed by atoms with Gasteiger partial charge in [-0.2, -0.15) is 5.10 Å². The summed E-state index contributed by atoms with van der Waals surface area (Å²) in [5.41, 5.74) is 4.11. The minimum atomic E-state index is 0.419. The van der Waals surface area contributed by atoms with Crippen molar-refractivity contribution < 1.29 is 4.74 Å². The van der Waals surface area contributed by atoms with Crippen molar-refractivity contribution in [3.05, 3.63) is 35.5 Å². The lowest BCUT2D eigenvalue weighted by atomic mass is 10.1. The molecule has 1 aromatic carbocycles. The number of ether oxygens (including phenoxy) is 1. The molecule has 0 aliphatic heterocycles. The third kappa shape index (κ3) is 2.29. The number of aromatic nitrogens is 2. The van der Waals surface area contributed by atoms with E-state index in [0.717, 1.165) is 22.7 Å². The van der Waals surface area contributed by atoms with Crippen molar-refractivity contribution in [1.29, 1.82) is 0 Å².